The molecule has 158 valence electrons. The number of hydrogen-bond acceptors (Lipinski definition) is 4. The molecule has 2 aromatic rings. The molecule has 9 heteroatoms. The number of halogens is 4. The summed E-state index contributed by atoms with van der Waals surface area (Å²) in [6, 6.07) is 13.7. The number of ether oxygens (including phenoxy) is 1. The van der Waals surface area contributed by atoms with Crippen molar-refractivity contribution in [1.29, 1.82) is 0 Å². The van der Waals surface area contributed by atoms with Gasteiger partial charge in [-0.1, -0.05) is 62.0 Å². The van der Waals surface area contributed by atoms with Gasteiger partial charge >= 0.3 is 6.36 Å². The maximum absolute atomic E-state index is 12.1. The van der Waals surface area contributed by atoms with Gasteiger partial charge in [0.2, 0.25) is 0 Å². The lowest BCUT2D eigenvalue weighted by molar-refractivity contribution is -0.274. The maximum atomic E-state index is 12.1. The maximum Gasteiger partial charge on any atom is 0.573 e. The average Bonchev–Trinajstić information content (AvgIpc) is 2.61. The van der Waals surface area contributed by atoms with Gasteiger partial charge in [-0.3, -0.25) is 0 Å². The summed E-state index contributed by atoms with van der Waals surface area (Å²) >= 11 is 1.24. The van der Waals surface area contributed by atoms with Crippen LogP contribution in [-0.2, 0) is 12.2 Å². The molecule has 0 heterocycles. The molecule has 0 saturated carbocycles. The van der Waals surface area contributed by atoms with Crippen LogP contribution < -0.4 is 10.5 Å². The summed E-state index contributed by atoms with van der Waals surface area (Å²) < 4.78 is 40.2. The van der Waals surface area contributed by atoms with Gasteiger partial charge in [-0.25, -0.2) is 0 Å². The molecule has 0 bridgehead atoms. The zero-order valence-corrected chi connectivity index (χ0v) is 18.5. The lowest BCUT2D eigenvalue weighted by Gasteiger charge is -2.09. The molecule has 0 saturated heterocycles. The van der Waals surface area contributed by atoms with E-state index in [2.05, 4.69) is 40.9 Å². The Kier molecular flexibility index (Phi) is 10.2. The first kappa shape index (κ1) is 25.0. The first-order valence-corrected chi connectivity index (χ1v) is 9.63. The Morgan fingerprint density at radius 2 is 1.66 bits per heavy atom. The third kappa shape index (κ3) is 10.4. The van der Waals surface area contributed by atoms with Gasteiger partial charge in [0.15, 0.2) is 5.17 Å². The smallest absolute Gasteiger partial charge is 0.406 e. The molecule has 2 aromatic carbocycles. The Labute approximate surface area is 183 Å². The van der Waals surface area contributed by atoms with E-state index < -0.39 is 6.36 Å². The molecular formula is C20H23BrF3N3OS. The van der Waals surface area contributed by atoms with Crippen LogP contribution in [0.25, 0.3) is 0 Å². The van der Waals surface area contributed by atoms with Gasteiger partial charge in [0, 0.05) is 5.75 Å². The highest BCUT2D eigenvalue weighted by Crippen LogP contribution is 2.23. The van der Waals surface area contributed by atoms with Crippen molar-refractivity contribution in [1.82, 2.24) is 0 Å². The third-order valence-corrected chi connectivity index (χ3v) is 4.39. The number of nitrogens with two attached hydrogens (primary N) is 1. The van der Waals surface area contributed by atoms with Crippen LogP contribution in [0.3, 0.4) is 0 Å². The summed E-state index contributed by atoms with van der Waals surface area (Å²) in [6.07, 6.45) is -2.04. The number of amidine groups is 1. The fourth-order valence-electron chi connectivity index (χ4n) is 2.34. The van der Waals surface area contributed by atoms with E-state index in [9.17, 15) is 13.2 Å². The van der Waals surface area contributed by atoms with Crippen molar-refractivity contribution in [2.24, 2.45) is 21.9 Å². The molecular weight excluding hydrogens is 467 g/mol. The zero-order valence-electron chi connectivity index (χ0n) is 16.0. The van der Waals surface area contributed by atoms with Gasteiger partial charge in [-0.05, 0) is 41.2 Å². The van der Waals surface area contributed by atoms with Crippen LogP contribution in [0.1, 0.15) is 30.5 Å². The lowest BCUT2D eigenvalue weighted by atomic mass is 10.0. The number of benzene rings is 2. The van der Waals surface area contributed by atoms with Crippen LogP contribution in [-0.4, -0.2) is 17.7 Å². The average molecular weight is 490 g/mol. The summed E-state index contributed by atoms with van der Waals surface area (Å²) in [4.78, 5) is 0. The zero-order chi connectivity index (χ0) is 20.6. The van der Waals surface area contributed by atoms with E-state index in [1.54, 1.807) is 18.3 Å². The quantitative estimate of drug-likeness (QED) is 0.297. The fourth-order valence-corrected chi connectivity index (χ4v) is 2.95. The largest absolute Gasteiger partial charge is 0.573 e. The van der Waals surface area contributed by atoms with Crippen LogP contribution in [0, 0.1) is 5.92 Å². The van der Waals surface area contributed by atoms with Crippen LogP contribution >= 0.6 is 28.7 Å². The Morgan fingerprint density at radius 3 is 2.21 bits per heavy atom. The lowest BCUT2D eigenvalue weighted by Crippen LogP contribution is -2.17. The minimum Gasteiger partial charge on any atom is -0.406 e. The Bertz CT molecular complexity index is 807. The van der Waals surface area contributed by atoms with Crippen LogP contribution in [0.4, 0.5) is 13.2 Å². The molecule has 2 rings (SSSR count). The molecule has 0 aliphatic rings. The monoisotopic (exact) mass is 489 g/mol. The van der Waals surface area contributed by atoms with Crippen LogP contribution in [0.5, 0.6) is 5.75 Å². The number of thioether (sulfide) groups is 1. The van der Waals surface area contributed by atoms with Gasteiger partial charge < -0.3 is 10.5 Å². The first-order valence-electron chi connectivity index (χ1n) is 8.64. The number of hydrogen-bond donors (Lipinski definition) is 1. The minimum atomic E-state index is -4.69. The van der Waals surface area contributed by atoms with Crippen molar-refractivity contribution in [3.63, 3.8) is 0 Å². The molecule has 2 N–H and O–H groups in total. The molecule has 0 radical (unpaired) electrons. The molecule has 4 nitrogen and oxygen atoms in total. The molecule has 0 aliphatic heterocycles. The number of alkyl halides is 3. The van der Waals surface area contributed by atoms with Crippen molar-refractivity contribution in [3.8, 4) is 5.75 Å². The molecule has 0 spiro atoms. The molecule has 0 atom stereocenters. The fraction of sp³-hybridized carbons (Fsp3) is 0.300. The molecule has 0 aromatic heterocycles. The Balaban J connectivity index is 0.00000420. The standard InChI is InChI=1S/C20H22F3N3OS.BrH/c1-14(2)11-15-3-5-16(6-4-15)12-25-26-19(24)28-13-17-7-9-18(10-8-17)27-20(21,22)23;/h3-10,12,14H,11,13H2,1-2H3,(H2,24,26);1H/b25-12+;. The normalized spacial score (nSPS) is 12.3. The molecule has 0 fully saturated rings. The second-order valence-electron chi connectivity index (χ2n) is 6.50. The van der Waals surface area contributed by atoms with Crippen molar-refractivity contribution in [2.75, 3.05) is 0 Å². The molecule has 0 unspecified atom stereocenters. The SMILES string of the molecule is Br.CC(C)Cc1ccc(/C=N/N=C(\N)SCc2ccc(OC(F)(F)F)cc2)cc1. The van der Waals surface area contributed by atoms with Crippen molar-refractivity contribution in [2.45, 2.75) is 32.4 Å². The molecule has 0 amide bonds. The van der Waals surface area contributed by atoms with E-state index in [4.69, 9.17) is 5.73 Å². The summed E-state index contributed by atoms with van der Waals surface area (Å²) in [5.41, 5.74) is 8.80. The van der Waals surface area contributed by atoms with Crippen LogP contribution in [0.15, 0.2) is 58.7 Å². The summed E-state index contributed by atoms with van der Waals surface area (Å²) in [5.74, 6) is 0.808. The predicted molar refractivity (Wildman–Crippen MR) is 119 cm³/mol. The highest BCUT2D eigenvalue weighted by molar-refractivity contribution is 8.93. The minimum absolute atomic E-state index is 0. The van der Waals surface area contributed by atoms with Gasteiger partial charge in [0.05, 0.1) is 6.21 Å². The second kappa shape index (κ2) is 11.9. The molecule has 29 heavy (non-hydrogen) atoms. The Hall–Kier alpha value is -2.00. The summed E-state index contributed by atoms with van der Waals surface area (Å²) in [7, 11) is 0. The van der Waals surface area contributed by atoms with Crippen molar-refractivity contribution in [3.05, 3.63) is 65.2 Å². The van der Waals surface area contributed by atoms with E-state index in [1.165, 1.54) is 29.5 Å². The highest BCUT2D eigenvalue weighted by Gasteiger charge is 2.30. The number of nitrogens with zero attached hydrogens (tertiary/aromatic N) is 2. The van der Waals surface area contributed by atoms with E-state index >= 15 is 0 Å². The van der Waals surface area contributed by atoms with E-state index in [1.807, 2.05) is 12.1 Å². The topological polar surface area (TPSA) is 60.0 Å². The van der Waals surface area contributed by atoms with Crippen LogP contribution in [0.2, 0.25) is 0 Å². The second-order valence-corrected chi connectivity index (χ2v) is 7.50. The number of rotatable bonds is 7. The van der Waals surface area contributed by atoms with Gasteiger partial charge in [-0.2, -0.15) is 5.10 Å². The van der Waals surface area contributed by atoms with Crippen molar-refractivity contribution >= 4 is 40.1 Å². The van der Waals surface area contributed by atoms with E-state index in [-0.39, 0.29) is 27.9 Å². The van der Waals surface area contributed by atoms with Gasteiger partial charge in [0.25, 0.3) is 0 Å². The van der Waals surface area contributed by atoms with E-state index in [0.29, 0.717) is 11.7 Å². The predicted octanol–water partition coefficient (Wildman–Crippen LogP) is 5.94. The molecule has 0 aliphatic carbocycles. The summed E-state index contributed by atoms with van der Waals surface area (Å²) in [6.45, 7) is 4.35. The van der Waals surface area contributed by atoms with Crippen molar-refractivity contribution < 1.29 is 17.9 Å². The first-order chi connectivity index (χ1) is 13.2. The third-order valence-electron chi connectivity index (χ3n) is 3.53. The van der Waals surface area contributed by atoms with E-state index in [0.717, 1.165) is 17.5 Å². The highest BCUT2D eigenvalue weighted by atomic mass is 79.9. The summed E-state index contributed by atoms with van der Waals surface area (Å²) in [5, 5.41) is 8.16. The Morgan fingerprint density at radius 1 is 1.07 bits per heavy atom. The van der Waals surface area contributed by atoms with Gasteiger partial charge in [-0.15, -0.1) is 35.3 Å². The van der Waals surface area contributed by atoms with Gasteiger partial charge in [0.1, 0.15) is 5.75 Å².